The molecular weight excluding hydrogens is 206 g/mol. The third kappa shape index (κ3) is 5.90. The van der Waals surface area contributed by atoms with E-state index >= 15 is 0 Å². The fraction of sp³-hybridized carbons (Fsp3) is 1.00. The highest BCUT2D eigenvalue weighted by Gasteiger charge is 2.32. The number of unbranched alkanes of at least 4 members (excludes halogenated alkanes) is 3. The van der Waals surface area contributed by atoms with Gasteiger partial charge in [-0.25, -0.2) is 0 Å². The fourth-order valence-corrected chi connectivity index (χ4v) is 3.19. The summed E-state index contributed by atoms with van der Waals surface area (Å²) < 4.78 is 0. The average Bonchev–Trinajstić information content (AvgIpc) is 2.73. The molecule has 1 nitrogen and oxygen atoms in total. The first kappa shape index (κ1) is 15.0. The van der Waals surface area contributed by atoms with Crippen molar-refractivity contribution >= 4 is 0 Å². The molecule has 1 fully saturated rings. The molecule has 1 rings (SSSR count). The van der Waals surface area contributed by atoms with E-state index in [9.17, 15) is 0 Å². The summed E-state index contributed by atoms with van der Waals surface area (Å²) in [6.07, 6.45) is 13.1. The lowest BCUT2D eigenvalue weighted by atomic mass is 9.80. The molecule has 0 aromatic carbocycles. The van der Waals surface area contributed by atoms with E-state index in [2.05, 4.69) is 26.1 Å². The van der Waals surface area contributed by atoms with Gasteiger partial charge >= 0.3 is 0 Å². The van der Waals surface area contributed by atoms with Gasteiger partial charge in [0.15, 0.2) is 0 Å². The summed E-state index contributed by atoms with van der Waals surface area (Å²) >= 11 is 0. The van der Waals surface area contributed by atoms with E-state index < -0.39 is 0 Å². The molecule has 0 heterocycles. The van der Waals surface area contributed by atoms with Gasteiger partial charge in [-0.3, -0.25) is 0 Å². The van der Waals surface area contributed by atoms with E-state index in [0.717, 1.165) is 5.92 Å². The minimum Gasteiger partial charge on any atom is -0.316 e. The molecule has 1 aliphatic carbocycles. The molecule has 0 amide bonds. The number of nitrogens with one attached hydrogen (secondary N) is 1. The first-order chi connectivity index (χ1) is 8.18. The molecule has 1 saturated carbocycles. The molecule has 0 spiro atoms. The Balaban J connectivity index is 2.24. The van der Waals surface area contributed by atoms with Crippen LogP contribution < -0.4 is 5.32 Å². The zero-order valence-corrected chi connectivity index (χ0v) is 12.4. The molecule has 0 aromatic heterocycles. The maximum absolute atomic E-state index is 3.71. The van der Waals surface area contributed by atoms with Gasteiger partial charge in [0.2, 0.25) is 0 Å². The van der Waals surface area contributed by atoms with Crippen LogP contribution in [0, 0.1) is 11.3 Å². The first-order valence-corrected chi connectivity index (χ1v) is 7.89. The van der Waals surface area contributed by atoms with Crippen molar-refractivity contribution < 1.29 is 0 Å². The van der Waals surface area contributed by atoms with E-state index in [1.165, 1.54) is 70.9 Å². The Hall–Kier alpha value is -0.0400. The monoisotopic (exact) mass is 239 g/mol. The average molecular weight is 239 g/mol. The smallest absolute Gasteiger partial charge is 0.000792 e. The number of hydrogen-bond donors (Lipinski definition) is 1. The summed E-state index contributed by atoms with van der Waals surface area (Å²) in [5.41, 5.74) is 0.669. The second-order valence-corrected chi connectivity index (χ2v) is 6.54. The van der Waals surface area contributed by atoms with Gasteiger partial charge in [-0.1, -0.05) is 59.3 Å². The minimum atomic E-state index is 0.669. The summed E-state index contributed by atoms with van der Waals surface area (Å²) in [5, 5.41) is 3.71. The van der Waals surface area contributed by atoms with Gasteiger partial charge < -0.3 is 5.32 Å². The van der Waals surface area contributed by atoms with Crippen LogP contribution in [0.5, 0.6) is 0 Å². The van der Waals surface area contributed by atoms with Crippen molar-refractivity contribution in [2.75, 3.05) is 13.1 Å². The highest BCUT2D eigenvalue weighted by Crippen LogP contribution is 2.41. The summed E-state index contributed by atoms with van der Waals surface area (Å²) in [5.74, 6) is 0.786. The molecule has 0 unspecified atom stereocenters. The van der Waals surface area contributed by atoms with Crippen LogP contribution in [-0.4, -0.2) is 13.1 Å². The van der Waals surface area contributed by atoms with Crippen LogP contribution >= 0.6 is 0 Å². The maximum Gasteiger partial charge on any atom is 0.000792 e. The Morgan fingerprint density at radius 1 is 1.06 bits per heavy atom. The van der Waals surface area contributed by atoms with Crippen molar-refractivity contribution in [3.05, 3.63) is 0 Å². The van der Waals surface area contributed by atoms with Crippen molar-refractivity contribution in [3.63, 3.8) is 0 Å². The third-order valence-corrected chi connectivity index (χ3v) is 4.28. The van der Waals surface area contributed by atoms with Gasteiger partial charge in [0.05, 0.1) is 0 Å². The predicted molar refractivity (Wildman–Crippen MR) is 77.4 cm³/mol. The lowest BCUT2D eigenvalue weighted by Gasteiger charge is -2.30. The second kappa shape index (κ2) is 8.13. The van der Waals surface area contributed by atoms with Gasteiger partial charge in [-0.05, 0) is 37.1 Å². The molecule has 0 radical (unpaired) electrons. The van der Waals surface area contributed by atoms with E-state index in [0.29, 0.717) is 5.41 Å². The quantitative estimate of drug-likeness (QED) is 0.572. The molecule has 0 aromatic rings. The minimum absolute atomic E-state index is 0.669. The van der Waals surface area contributed by atoms with Crippen LogP contribution in [0.3, 0.4) is 0 Å². The van der Waals surface area contributed by atoms with Gasteiger partial charge in [-0.2, -0.15) is 0 Å². The Labute approximate surface area is 109 Å². The summed E-state index contributed by atoms with van der Waals surface area (Å²) in [4.78, 5) is 0. The van der Waals surface area contributed by atoms with Crippen LogP contribution in [0.4, 0.5) is 0 Å². The molecule has 1 heteroatoms. The van der Waals surface area contributed by atoms with E-state index in [-0.39, 0.29) is 0 Å². The van der Waals surface area contributed by atoms with Crippen molar-refractivity contribution in [2.45, 2.75) is 78.6 Å². The fourth-order valence-electron chi connectivity index (χ4n) is 3.19. The van der Waals surface area contributed by atoms with Gasteiger partial charge in [0.1, 0.15) is 0 Å². The summed E-state index contributed by atoms with van der Waals surface area (Å²) in [6, 6.07) is 0. The Morgan fingerprint density at radius 3 is 2.35 bits per heavy atom. The Morgan fingerprint density at radius 2 is 1.76 bits per heavy atom. The van der Waals surface area contributed by atoms with Crippen LogP contribution in [0.15, 0.2) is 0 Å². The number of hydrogen-bond acceptors (Lipinski definition) is 1. The second-order valence-electron chi connectivity index (χ2n) is 6.54. The normalized spacial score (nSPS) is 19.1. The topological polar surface area (TPSA) is 12.0 Å². The van der Waals surface area contributed by atoms with Crippen molar-refractivity contribution in [2.24, 2.45) is 11.3 Å². The molecule has 1 N–H and O–H groups in total. The highest BCUT2D eigenvalue weighted by molar-refractivity contribution is 4.86. The van der Waals surface area contributed by atoms with Crippen molar-refractivity contribution in [1.82, 2.24) is 5.32 Å². The lowest BCUT2D eigenvalue weighted by molar-refractivity contribution is 0.244. The molecule has 0 bridgehead atoms. The van der Waals surface area contributed by atoms with Gasteiger partial charge in [0.25, 0.3) is 0 Å². The molecule has 0 saturated heterocycles. The largest absolute Gasteiger partial charge is 0.316 e. The molecule has 1 aliphatic rings. The number of rotatable bonds is 9. The van der Waals surface area contributed by atoms with Gasteiger partial charge in [-0.15, -0.1) is 0 Å². The zero-order valence-electron chi connectivity index (χ0n) is 12.4. The van der Waals surface area contributed by atoms with E-state index in [4.69, 9.17) is 0 Å². The highest BCUT2D eigenvalue weighted by atomic mass is 14.9. The Kier molecular flexibility index (Phi) is 7.18. The predicted octanol–water partition coefficient (Wildman–Crippen LogP) is 4.76. The standard InChI is InChI=1S/C16H33N/c1-4-5-6-7-10-16(11-8-9-12-16)14-17-13-15(2)3/h15,17H,4-14H2,1-3H3. The maximum atomic E-state index is 3.71. The van der Waals surface area contributed by atoms with E-state index in [1.807, 2.05) is 0 Å². The molecule has 17 heavy (non-hydrogen) atoms. The van der Waals surface area contributed by atoms with Crippen LogP contribution in [0.25, 0.3) is 0 Å². The van der Waals surface area contributed by atoms with Crippen LogP contribution in [0.1, 0.15) is 78.6 Å². The Bertz CT molecular complexity index is 180. The molecule has 0 aliphatic heterocycles. The zero-order chi connectivity index (χ0) is 12.6. The summed E-state index contributed by atoms with van der Waals surface area (Å²) in [6.45, 7) is 9.37. The van der Waals surface area contributed by atoms with Gasteiger partial charge in [0, 0.05) is 6.54 Å². The van der Waals surface area contributed by atoms with Crippen molar-refractivity contribution in [3.8, 4) is 0 Å². The van der Waals surface area contributed by atoms with Crippen molar-refractivity contribution in [1.29, 1.82) is 0 Å². The molecular formula is C16H33N. The first-order valence-electron chi connectivity index (χ1n) is 7.89. The summed E-state index contributed by atoms with van der Waals surface area (Å²) in [7, 11) is 0. The lowest BCUT2D eigenvalue weighted by Crippen LogP contribution is -2.34. The van der Waals surface area contributed by atoms with E-state index in [1.54, 1.807) is 0 Å². The molecule has 0 atom stereocenters. The SMILES string of the molecule is CCCCCCC1(CNCC(C)C)CCCC1. The van der Waals surface area contributed by atoms with Crippen LogP contribution in [0.2, 0.25) is 0 Å². The molecule has 102 valence electrons. The van der Waals surface area contributed by atoms with Crippen LogP contribution in [-0.2, 0) is 0 Å². The third-order valence-electron chi connectivity index (χ3n) is 4.28.